The number of anilines is 1. The highest BCUT2D eigenvalue weighted by Gasteiger charge is 2.53. The molecule has 11 heteroatoms. The molecule has 4 aliphatic heterocycles. The Kier molecular flexibility index (Phi) is 9.29. The summed E-state index contributed by atoms with van der Waals surface area (Å²) in [5, 5.41) is 12.7. The molecule has 4 heterocycles. The normalized spacial score (nSPS) is 24.2. The third kappa shape index (κ3) is 6.86. The van der Waals surface area contributed by atoms with Gasteiger partial charge >= 0.3 is 6.09 Å². The molecule has 3 amide bonds. The highest BCUT2D eigenvalue weighted by atomic mass is 16.6. The van der Waals surface area contributed by atoms with E-state index in [0.29, 0.717) is 38.6 Å². The zero-order chi connectivity index (χ0) is 33.3. The van der Waals surface area contributed by atoms with Gasteiger partial charge in [-0.2, -0.15) is 5.26 Å². The van der Waals surface area contributed by atoms with E-state index in [1.165, 1.54) is 4.90 Å². The van der Waals surface area contributed by atoms with E-state index in [4.69, 9.17) is 14.2 Å². The molecule has 3 fully saturated rings. The molecule has 6 rings (SSSR count). The predicted octanol–water partition coefficient (Wildman–Crippen LogP) is 3.64. The van der Waals surface area contributed by atoms with E-state index in [2.05, 4.69) is 34.5 Å². The SMILES string of the molecule is CN1C(=O)C2(CCCN(C3COC3)C2)c2cc(-c3ccc(C[C@@H](C#N)NC(=O)[C@@H]4CN(C(=O)OC(C)(C)C)CCCO4)cc3)ccc21. The van der Waals surface area contributed by atoms with Crippen molar-refractivity contribution in [3.8, 4) is 17.2 Å². The molecular weight excluding hydrogens is 598 g/mol. The van der Waals surface area contributed by atoms with Crippen LogP contribution in [-0.4, -0.2) is 105 Å². The maximum atomic E-state index is 13.7. The molecule has 2 aromatic carbocycles. The molecule has 1 unspecified atom stereocenters. The number of benzene rings is 2. The second-order valence-electron chi connectivity index (χ2n) is 14.2. The van der Waals surface area contributed by atoms with Crippen molar-refractivity contribution in [3.63, 3.8) is 0 Å². The van der Waals surface area contributed by atoms with Gasteiger partial charge in [-0.3, -0.25) is 14.5 Å². The van der Waals surface area contributed by atoms with E-state index in [9.17, 15) is 19.6 Å². The molecule has 250 valence electrons. The molecule has 3 saturated heterocycles. The summed E-state index contributed by atoms with van der Waals surface area (Å²) < 4.78 is 16.7. The van der Waals surface area contributed by atoms with Gasteiger partial charge in [-0.15, -0.1) is 0 Å². The van der Waals surface area contributed by atoms with Gasteiger partial charge in [0, 0.05) is 38.9 Å². The van der Waals surface area contributed by atoms with Crippen molar-refractivity contribution in [3.05, 3.63) is 53.6 Å². The number of likely N-dealkylation sites (N-methyl/N-ethyl adjacent to an activating group) is 1. The molecule has 1 spiro atoms. The third-order valence-corrected chi connectivity index (χ3v) is 9.67. The lowest BCUT2D eigenvalue weighted by atomic mass is 9.74. The van der Waals surface area contributed by atoms with Gasteiger partial charge in [0.15, 0.2) is 6.10 Å². The van der Waals surface area contributed by atoms with Crippen LogP contribution >= 0.6 is 0 Å². The molecule has 0 aliphatic carbocycles. The van der Waals surface area contributed by atoms with Crippen LogP contribution in [0, 0.1) is 11.3 Å². The Bertz CT molecular complexity index is 1540. The van der Waals surface area contributed by atoms with Crippen LogP contribution in [0.5, 0.6) is 0 Å². The van der Waals surface area contributed by atoms with E-state index in [0.717, 1.165) is 60.5 Å². The van der Waals surface area contributed by atoms with Gasteiger partial charge < -0.3 is 29.3 Å². The average molecular weight is 644 g/mol. The summed E-state index contributed by atoms with van der Waals surface area (Å²) in [5.74, 6) is -0.261. The number of likely N-dealkylation sites (tertiary alicyclic amines) is 1. The van der Waals surface area contributed by atoms with Crippen LogP contribution in [0.15, 0.2) is 42.5 Å². The molecule has 1 N–H and O–H groups in total. The zero-order valence-corrected chi connectivity index (χ0v) is 27.8. The maximum absolute atomic E-state index is 13.7. The van der Waals surface area contributed by atoms with Crippen LogP contribution in [0.4, 0.5) is 10.5 Å². The van der Waals surface area contributed by atoms with Crippen LogP contribution in [-0.2, 0) is 35.6 Å². The van der Waals surface area contributed by atoms with Crippen molar-refractivity contribution in [2.24, 2.45) is 0 Å². The van der Waals surface area contributed by atoms with Gasteiger partial charge in [0.05, 0.1) is 37.3 Å². The summed E-state index contributed by atoms with van der Waals surface area (Å²) in [6.45, 7) is 9.39. The number of rotatable bonds is 6. The number of hydrogen-bond donors (Lipinski definition) is 1. The second kappa shape index (κ2) is 13.3. The Balaban J connectivity index is 1.12. The van der Waals surface area contributed by atoms with E-state index in [1.54, 1.807) is 20.8 Å². The molecule has 2 aromatic rings. The van der Waals surface area contributed by atoms with Gasteiger partial charge in [-0.25, -0.2) is 4.79 Å². The molecule has 3 atom stereocenters. The van der Waals surface area contributed by atoms with Crippen molar-refractivity contribution in [1.29, 1.82) is 5.26 Å². The summed E-state index contributed by atoms with van der Waals surface area (Å²) in [6, 6.07) is 16.1. The highest BCUT2D eigenvalue weighted by molar-refractivity contribution is 6.08. The molecule has 0 aromatic heterocycles. The summed E-state index contributed by atoms with van der Waals surface area (Å²) in [4.78, 5) is 45.2. The standard InChI is InChI=1S/C36H45N5O6/c1-35(2,3)47-34(44)40-15-6-16-46-31(20-40)32(42)38-27(19-37)17-24-7-9-25(10-8-24)26-11-12-30-29(18-26)36(33(43)39(30)4)13-5-14-41(23-36)28-21-45-22-28/h7-12,18,27-28,31H,5-6,13-17,20-23H2,1-4H3,(H,38,42)/t27-,31-,36?/m0/s1. The summed E-state index contributed by atoms with van der Waals surface area (Å²) in [5.41, 5.74) is 3.82. The summed E-state index contributed by atoms with van der Waals surface area (Å²) >= 11 is 0. The van der Waals surface area contributed by atoms with Crippen LogP contribution in [0.3, 0.4) is 0 Å². The summed E-state index contributed by atoms with van der Waals surface area (Å²) in [6.07, 6.45) is 1.33. The Hall–Kier alpha value is -3.98. The minimum atomic E-state index is -0.893. The number of nitrogens with zero attached hydrogens (tertiary/aromatic N) is 4. The molecule has 11 nitrogen and oxygen atoms in total. The predicted molar refractivity (Wildman–Crippen MR) is 176 cm³/mol. The van der Waals surface area contributed by atoms with Crippen LogP contribution in [0.2, 0.25) is 0 Å². The van der Waals surface area contributed by atoms with Gasteiger partial charge in [0.2, 0.25) is 5.91 Å². The number of amides is 3. The van der Waals surface area contributed by atoms with Crippen LogP contribution < -0.4 is 10.2 Å². The monoisotopic (exact) mass is 643 g/mol. The molecule has 0 saturated carbocycles. The van der Waals surface area contributed by atoms with E-state index in [1.807, 2.05) is 36.2 Å². The van der Waals surface area contributed by atoms with Gasteiger partial charge in [0.1, 0.15) is 11.6 Å². The van der Waals surface area contributed by atoms with Crippen LogP contribution in [0.25, 0.3) is 11.1 Å². The number of piperidine rings is 1. The zero-order valence-electron chi connectivity index (χ0n) is 27.8. The summed E-state index contributed by atoms with van der Waals surface area (Å²) in [7, 11) is 1.87. The number of nitriles is 1. The Morgan fingerprint density at radius 2 is 1.85 bits per heavy atom. The first-order chi connectivity index (χ1) is 22.5. The lowest BCUT2D eigenvalue weighted by Gasteiger charge is -2.45. The minimum absolute atomic E-state index is 0.0596. The van der Waals surface area contributed by atoms with E-state index >= 15 is 0 Å². The fourth-order valence-corrected chi connectivity index (χ4v) is 7.10. The first-order valence-electron chi connectivity index (χ1n) is 16.6. The molecular formula is C36H45N5O6. The lowest BCUT2D eigenvalue weighted by molar-refractivity contribution is -0.133. The number of ether oxygens (including phenoxy) is 3. The highest BCUT2D eigenvalue weighted by Crippen LogP contribution is 2.48. The van der Waals surface area contributed by atoms with Crippen molar-refractivity contribution in [1.82, 2.24) is 15.1 Å². The van der Waals surface area contributed by atoms with Crippen molar-refractivity contribution >= 4 is 23.6 Å². The van der Waals surface area contributed by atoms with Crippen molar-refractivity contribution < 1.29 is 28.6 Å². The molecule has 47 heavy (non-hydrogen) atoms. The second-order valence-corrected chi connectivity index (χ2v) is 14.2. The number of nitrogens with one attached hydrogen (secondary N) is 1. The number of hydrogen-bond acceptors (Lipinski definition) is 8. The van der Waals surface area contributed by atoms with Gasteiger partial charge in [0.25, 0.3) is 5.91 Å². The van der Waals surface area contributed by atoms with Crippen LogP contribution in [0.1, 0.15) is 51.2 Å². The van der Waals surface area contributed by atoms with Gasteiger partial charge in [-0.05, 0) is 81.0 Å². The Labute approximate surface area is 276 Å². The Morgan fingerprint density at radius 3 is 2.53 bits per heavy atom. The first kappa shape index (κ1) is 32.9. The number of fused-ring (bicyclic) bond motifs is 2. The minimum Gasteiger partial charge on any atom is -0.444 e. The fourth-order valence-electron chi connectivity index (χ4n) is 7.10. The van der Waals surface area contributed by atoms with Gasteiger partial charge in [-0.1, -0.05) is 30.3 Å². The largest absolute Gasteiger partial charge is 0.444 e. The maximum Gasteiger partial charge on any atom is 0.410 e. The Morgan fingerprint density at radius 1 is 1.11 bits per heavy atom. The number of carbonyl (C=O) groups excluding carboxylic acids is 3. The third-order valence-electron chi connectivity index (χ3n) is 9.67. The quantitative estimate of drug-likeness (QED) is 0.506. The topological polar surface area (TPSA) is 124 Å². The molecule has 0 radical (unpaired) electrons. The molecule has 4 aliphatic rings. The first-order valence-corrected chi connectivity index (χ1v) is 16.6. The molecule has 0 bridgehead atoms. The average Bonchev–Trinajstić information content (AvgIpc) is 3.19. The smallest absolute Gasteiger partial charge is 0.410 e. The fraction of sp³-hybridized carbons (Fsp3) is 0.556. The van der Waals surface area contributed by atoms with E-state index in [-0.39, 0.29) is 12.5 Å². The number of carbonyl (C=O) groups is 3. The van der Waals surface area contributed by atoms with Crippen molar-refractivity contribution in [2.45, 2.75) is 75.7 Å². The lowest BCUT2D eigenvalue weighted by Crippen LogP contribution is -2.58. The van der Waals surface area contributed by atoms with E-state index < -0.39 is 35.2 Å². The van der Waals surface area contributed by atoms with Crippen molar-refractivity contribution in [2.75, 3.05) is 57.9 Å².